The summed E-state index contributed by atoms with van der Waals surface area (Å²) in [6, 6.07) is 14.9. The first-order chi connectivity index (χ1) is 13.0. The Hall–Kier alpha value is -2.89. The number of rotatable bonds is 7. The summed E-state index contributed by atoms with van der Waals surface area (Å²) in [5, 5.41) is 22.7. The van der Waals surface area contributed by atoms with E-state index in [-0.39, 0.29) is 5.56 Å². The van der Waals surface area contributed by atoms with Crippen molar-refractivity contribution in [1.29, 1.82) is 0 Å². The molecule has 0 saturated carbocycles. The summed E-state index contributed by atoms with van der Waals surface area (Å²) < 4.78 is 5.33. The number of aromatic carboxylic acids is 1. The van der Waals surface area contributed by atoms with Crippen LogP contribution in [0, 0.1) is 0 Å². The molecule has 1 atom stereocenters. The molecule has 0 radical (unpaired) electrons. The van der Waals surface area contributed by atoms with E-state index < -0.39 is 11.8 Å². The monoisotopic (exact) mass is 365 g/mol. The standard InChI is InChI=1S/C22H23NO4/c1-2-27-22(26)11-9-20(10-12-22)23-15-16-5-3-6-17(13-16)18-7-4-8-19(14-18)21(24)25/h3-11,13-14,23,26H,2,12,15H2,1H3,(H,24,25). The van der Waals surface area contributed by atoms with Crippen LogP contribution in [0.2, 0.25) is 0 Å². The van der Waals surface area contributed by atoms with Gasteiger partial charge in [0.25, 0.3) is 0 Å². The number of allylic oxidation sites excluding steroid dienone is 1. The molecular formula is C22H23NO4. The van der Waals surface area contributed by atoms with Gasteiger partial charge in [0, 0.05) is 25.3 Å². The van der Waals surface area contributed by atoms with Gasteiger partial charge in [0.05, 0.1) is 5.56 Å². The average molecular weight is 365 g/mol. The third-order valence-electron chi connectivity index (χ3n) is 4.40. The summed E-state index contributed by atoms with van der Waals surface area (Å²) in [5.74, 6) is -2.15. The zero-order chi connectivity index (χ0) is 19.3. The Morgan fingerprint density at radius 1 is 1.19 bits per heavy atom. The van der Waals surface area contributed by atoms with Gasteiger partial charge in [-0.2, -0.15) is 0 Å². The smallest absolute Gasteiger partial charge is 0.335 e. The summed E-state index contributed by atoms with van der Waals surface area (Å²) in [6.45, 7) is 2.92. The summed E-state index contributed by atoms with van der Waals surface area (Å²) in [5.41, 5.74) is 4.12. The number of benzene rings is 2. The van der Waals surface area contributed by atoms with Crippen LogP contribution in [0.5, 0.6) is 0 Å². The molecule has 1 aliphatic rings. The fourth-order valence-electron chi connectivity index (χ4n) is 3.00. The van der Waals surface area contributed by atoms with Crippen LogP contribution in [-0.2, 0) is 11.3 Å². The molecule has 5 heteroatoms. The molecule has 0 heterocycles. The predicted octanol–water partition coefficient (Wildman–Crippen LogP) is 3.71. The molecule has 2 aromatic rings. The van der Waals surface area contributed by atoms with Gasteiger partial charge in [-0.15, -0.1) is 0 Å². The van der Waals surface area contributed by atoms with Crippen LogP contribution < -0.4 is 5.32 Å². The highest BCUT2D eigenvalue weighted by atomic mass is 16.6. The van der Waals surface area contributed by atoms with Crippen molar-refractivity contribution < 1.29 is 19.7 Å². The Morgan fingerprint density at radius 2 is 1.93 bits per heavy atom. The maximum Gasteiger partial charge on any atom is 0.335 e. The Bertz CT molecular complexity index is 887. The number of hydrogen-bond donors (Lipinski definition) is 3. The van der Waals surface area contributed by atoms with Gasteiger partial charge in [0.1, 0.15) is 0 Å². The molecule has 0 amide bonds. The molecule has 3 N–H and O–H groups in total. The third kappa shape index (κ3) is 4.84. The molecular weight excluding hydrogens is 342 g/mol. The van der Waals surface area contributed by atoms with Gasteiger partial charge in [0.15, 0.2) is 5.79 Å². The van der Waals surface area contributed by atoms with Gasteiger partial charge >= 0.3 is 5.97 Å². The zero-order valence-corrected chi connectivity index (χ0v) is 15.2. The van der Waals surface area contributed by atoms with Crippen molar-refractivity contribution in [2.75, 3.05) is 6.61 Å². The van der Waals surface area contributed by atoms with E-state index in [2.05, 4.69) is 5.32 Å². The zero-order valence-electron chi connectivity index (χ0n) is 15.2. The summed E-state index contributed by atoms with van der Waals surface area (Å²) in [4.78, 5) is 11.2. The van der Waals surface area contributed by atoms with Crippen LogP contribution >= 0.6 is 0 Å². The minimum atomic E-state index is -1.21. The van der Waals surface area contributed by atoms with Gasteiger partial charge in [-0.25, -0.2) is 4.79 Å². The lowest BCUT2D eigenvalue weighted by Crippen LogP contribution is -2.31. The van der Waals surface area contributed by atoms with E-state index in [1.165, 1.54) is 0 Å². The fourth-order valence-corrected chi connectivity index (χ4v) is 3.00. The van der Waals surface area contributed by atoms with Crippen LogP contribution in [0.15, 0.2) is 72.5 Å². The first-order valence-electron chi connectivity index (χ1n) is 8.91. The molecule has 0 saturated heterocycles. The van der Waals surface area contributed by atoms with Crippen LogP contribution in [0.4, 0.5) is 0 Å². The van der Waals surface area contributed by atoms with Crippen molar-refractivity contribution in [3.63, 3.8) is 0 Å². The van der Waals surface area contributed by atoms with Gasteiger partial charge in [0.2, 0.25) is 0 Å². The molecule has 5 nitrogen and oxygen atoms in total. The van der Waals surface area contributed by atoms with E-state index in [0.29, 0.717) is 19.6 Å². The van der Waals surface area contributed by atoms with E-state index in [4.69, 9.17) is 9.84 Å². The molecule has 0 spiro atoms. The Labute approximate surface area is 158 Å². The maximum atomic E-state index is 11.2. The highest BCUT2D eigenvalue weighted by Gasteiger charge is 2.24. The topological polar surface area (TPSA) is 78.8 Å². The predicted molar refractivity (Wildman–Crippen MR) is 104 cm³/mol. The van der Waals surface area contributed by atoms with Crippen molar-refractivity contribution in [3.05, 3.63) is 83.6 Å². The van der Waals surface area contributed by atoms with Crippen LogP contribution in [0.3, 0.4) is 0 Å². The average Bonchev–Trinajstić information content (AvgIpc) is 2.68. The first-order valence-corrected chi connectivity index (χ1v) is 8.91. The van der Waals surface area contributed by atoms with Crippen molar-refractivity contribution >= 4 is 5.97 Å². The van der Waals surface area contributed by atoms with E-state index in [9.17, 15) is 9.90 Å². The highest BCUT2D eigenvalue weighted by molar-refractivity contribution is 5.89. The molecule has 3 rings (SSSR count). The van der Waals surface area contributed by atoms with Crippen molar-refractivity contribution in [2.24, 2.45) is 0 Å². The normalized spacial score (nSPS) is 18.8. The molecule has 0 bridgehead atoms. The number of carboxylic acids is 1. The fraction of sp³-hybridized carbons (Fsp3) is 0.227. The number of nitrogens with one attached hydrogen (secondary N) is 1. The van der Waals surface area contributed by atoms with E-state index in [1.807, 2.05) is 49.4 Å². The van der Waals surface area contributed by atoms with Crippen molar-refractivity contribution in [3.8, 4) is 11.1 Å². The van der Waals surface area contributed by atoms with E-state index in [1.54, 1.807) is 24.3 Å². The second-order valence-electron chi connectivity index (χ2n) is 6.41. The quantitative estimate of drug-likeness (QED) is 0.652. The minimum absolute atomic E-state index is 0.273. The second kappa shape index (κ2) is 8.20. The van der Waals surface area contributed by atoms with Crippen molar-refractivity contribution in [2.45, 2.75) is 25.7 Å². The van der Waals surface area contributed by atoms with Crippen LogP contribution in [0.1, 0.15) is 29.3 Å². The lowest BCUT2D eigenvalue weighted by molar-refractivity contribution is -0.161. The van der Waals surface area contributed by atoms with Gasteiger partial charge in [-0.05, 0) is 54.0 Å². The molecule has 27 heavy (non-hydrogen) atoms. The lowest BCUT2D eigenvalue weighted by atomic mass is 10.0. The molecule has 0 aliphatic heterocycles. The number of aliphatic hydroxyl groups is 1. The van der Waals surface area contributed by atoms with E-state index in [0.717, 1.165) is 22.4 Å². The molecule has 2 aromatic carbocycles. The molecule has 0 aromatic heterocycles. The molecule has 0 fully saturated rings. The first kappa shape index (κ1) is 18.9. The van der Waals surface area contributed by atoms with Crippen molar-refractivity contribution in [1.82, 2.24) is 5.32 Å². The summed E-state index contributed by atoms with van der Waals surface area (Å²) >= 11 is 0. The molecule has 140 valence electrons. The van der Waals surface area contributed by atoms with Crippen LogP contribution in [-0.4, -0.2) is 28.6 Å². The third-order valence-corrected chi connectivity index (χ3v) is 4.40. The summed E-state index contributed by atoms with van der Waals surface area (Å²) in [6.07, 6.45) is 5.80. The Balaban J connectivity index is 1.67. The van der Waals surface area contributed by atoms with Gasteiger partial charge in [-0.1, -0.05) is 36.4 Å². The summed E-state index contributed by atoms with van der Waals surface area (Å²) in [7, 11) is 0. The Morgan fingerprint density at radius 3 is 2.59 bits per heavy atom. The number of carboxylic acid groups (broad SMARTS) is 1. The molecule has 1 aliphatic carbocycles. The maximum absolute atomic E-state index is 11.2. The lowest BCUT2D eigenvalue weighted by Gasteiger charge is -2.26. The largest absolute Gasteiger partial charge is 0.478 e. The second-order valence-corrected chi connectivity index (χ2v) is 6.41. The van der Waals surface area contributed by atoms with Gasteiger partial charge in [-0.3, -0.25) is 0 Å². The van der Waals surface area contributed by atoms with Gasteiger partial charge < -0.3 is 20.3 Å². The highest BCUT2D eigenvalue weighted by Crippen LogP contribution is 2.23. The number of ether oxygens (including phenoxy) is 1. The van der Waals surface area contributed by atoms with Crippen LogP contribution in [0.25, 0.3) is 11.1 Å². The molecule has 1 unspecified atom stereocenters. The minimum Gasteiger partial charge on any atom is -0.478 e. The SMILES string of the molecule is CCOC1(O)C=CC(NCc2cccc(-c3cccc(C(=O)O)c3)c2)=CC1. The number of hydrogen-bond acceptors (Lipinski definition) is 4. The Kier molecular flexibility index (Phi) is 5.74. The van der Waals surface area contributed by atoms with E-state index >= 15 is 0 Å². The number of carbonyl (C=O) groups is 1.